The molecule has 0 aromatic rings. The number of imide groups is 1. The molecule has 3 saturated heterocycles. The zero-order chi connectivity index (χ0) is 36.0. The van der Waals surface area contributed by atoms with Gasteiger partial charge in [0.05, 0.1) is 18.4 Å². The summed E-state index contributed by atoms with van der Waals surface area (Å²) in [6.45, 7) is 2.89. The normalized spacial score (nSPS) is 22.6. The lowest BCUT2D eigenvalue weighted by Crippen LogP contribution is -2.53. The molecule has 46 heavy (non-hydrogen) atoms. The van der Waals surface area contributed by atoms with Gasteiger partial charge >= 0.3 is 36.4 Å². The van der Waals surface area contributed by atoms with E-state index in [-0.39, 0.29) is 24.3 Å². The number of fused-ring (bicyclic) bond motifs is 3. The Labute approximate surface area is 256 Å². The highest BCUT2D eigenvalue weighted by Gasteiger charge is 2.40. The van der Waals surface area contributed by atoms with Crippen molar-refractivity contribution in [1.29, 1.82) is 0 Å². The minimum atomic E-state index is -5.08. The number of nitrogens with two attached hydrogens (primary N) is 1. The smallest absolute Gasteiger partial charge is 0.475 e. The molecule has 0 aromatic carbocycles. The number of aliphatic carboxylic acids is 3. The minimum absolute atomic E-state index is 0.0826. The van der Waals surface area contributed by atoms with Crippen molar-refractivity contribution < 1.29 is 83.9 Å². The molecule has 4 rings (SSSR count). The molecule has 1 aliphatic carbocycles. The third-order valence-electron chi connectivity index (χ3n) is 7.20. The van der Waals surface area contributed by atoms with Gasteiger partial charge in [0.2, 0.25) is 11.8 Å². The Hall–Kier alpha value is -3.20. The second-order valence-electron chi connectivity index (χ2n) is 10.7. The lowest BCUT2D eigenvalue weighted by molar-refractivity contribution is -0.193. The highest BCUT2D eigenvalue weighted by Crippen LogP contribution is 2.32. The standard InChI is InChI=1S/C19H33N3O3.3C2HF3O2/c20-16(10-13-4-2-1-3-5-13)17(23)11-18(24)21-19(25)15-12-22-8-6-14(15)7-9-22;3*3-2(4,5)1(6)7/h13-17,23H,1-12,20H2,(H,21,24,25);3*(H,6,7)/t15-,16?,17?;;;/m1.../s1. The van der Waals surface area contributed by atoms with Crippen molar-refractivity contribution in [1.82, 2.24) is 10.2 Å². The van der Waals surface area contributed by atoms with Gasteiger partial charge in [-0.1, -0.05) is 32.1 Å². The molecule has 2 bridgehead atoms. The third kappa shape index (κ3) is 17.5. The number of nitrogens with one attached hydrogen (secondary N) is 1. The van der Waals surface area contributed by atoms with Crippen molar-refractivity contribution in [3.63, 3.8) is 0 Å². The highest BCUT2D eigenvalue weighted by atomic mass is 19.4. The first-order chi connectivity index (χ1) is 20.9. The molecule has 0 spiro atoms. The van der Waals surface area contributed by atoms with Crippen LogP contribution in [0, 0.1) is 17.8 Å². The molecule has 4 aliphatic rings. The Morgan fingerprint density at radius 3 is 1.46 bits per heavy atom. The van der Waals surface area contributed by atoms with Crippen LogP contribution in [0.2, 0.25) is 0 Å². The predicted molar refractivity (Wildman–Crippen MR) is 137 cm³/mol. The van der Waals surface area contributed by atoms with E-state index < -0.39 is 48.4 Å². The lowest BCUT2D eigenvalue weighted by atomic mass is 9.78. The van der Waals surface area contributed by atoms with E-state index in [1.807, 2.05) is 0 Å². The molecule has 3 aliphatic heterocycles. The van der Waals surface area contributed by atoms with Gasteiger partial charge in [-0.05, 0) is 44.2 Å². The van der Waals surface area contributed by atoms with E-state index in [2.05, 4.69) is 10.2 Å². The van der Waals surface area contributed by atoms with Crippen LogP contribution in [0.3, 0.4) is 0 Å². The first-order valence-electron chi connectivity index (χ1n) is 13.8. The van der Waals surface area contributed by atoms with Gasteiger partial charge < -0.3 is 31.1 Å². The van der Waals surface area contributed by atoms with Crippen LogP contribution in [0.4, 0.5) is 39.5 Å². The number of piperidine rings is 3. The Balaban J connectivity index is 0.000000786. The maximum absolute atomic E-state index is 12.4. The van der Waals surface area contributed by atoms with E-state index in [4.69, 9.17) is 35.4 Å². The Bertz CT molecular complexity index is 953. The largest absolute Gasteiger partial charge is 0.490 e. The monoisotopic (exact) mass is 693 g/mol. The number of carbonyl (C=O) groups is 5. The minimum Gasteiger partial charge on any atom is -0.475 e. The number of carboxylic acid groups (broad SMARTS) is 3. The summed E-state index contributed by atoms with van der Waals surface area (Å²) >= 11 is 0. The van der Waals surface area contributed by atoms with E-state index in [9.17, 15) is 54.2 Å². The van der Waals surface area contributed by atoms with Crippen LogP contribution in [0.15, 0.2) is 0 Å². The summed E-state index contributed by atoms with van der Waals surface area (Å²) in [7, 11) is 0. The van der Waals surface area contributed by atoms with E-state index in [0.717, 1.165) is 38.9 Å². The molecular weight excluding hydrogens is 657 g/mol. The van der Waals surface area contributed by atoms with Gasteiger partial charge in [-0.25, -0.2) is 14.4 Å². The van der Waals surface area contributed by atoms with Crippen LogP contribution in [0.1, 0.15) is 57.8 Å². The van der Waals surface area contributed by atoms with Crippen molar-refractivity contribution >= 4 is 29.7 Å². The predicted octanol–water partition coefficient (Wildman–Crippen LogP) is 2.92. The average molecular weight is 694 g/mol. The summed E-state index contributed by atoms with van der Waals surface area (Å²) in [4.78, 5) is 53.5. The summed E-state index contributed by atoms with van der Waals surface area (Å²) in [5.74, 6) is -7.96. The number of aliphatic hydroxyl groups excluding tert-OH is 1. The fourth-order valence-electron chi connectivity index (χ4n) is 4.85. The van der Waals surface area contributed by atoms with E-state index >= 15 is 0 Å². The Morgan fingerprint density at radius 1 is 0.739 bits per heavy atom. The number of carboxylic acids is 3. The van der Waals surface area contributed by atoms with E-state index in [0.29, 0.717) is 11.8 Å². The van der Waals surface area contributed by atoms with Gasteiger partial charge in [-0.15, -0.1) is 0 Å². The summed E-state index contributed by atoms with van der Waals surface area (Å²) in [6.07, 6.45) is -7.25. The summed E-state index contributed by atoms with van der Waals surface area (Å²) in [5.41, 5.74) is 6.10. The van der Waals surface area contributed by atoms with Gasteiger partial charge in [-0.3, -0.25) is 14.9 Å². The summed E-state index contributed by atoms with van der Waals surface area (Å²) < 4.78 is 95.2. The number of aliphatic hydroxyl groups is 1. The summed E-state index contributed by atoms with van der Waals surface area (Å²) in [6, 6.07) is -0.388. The number of hydrogen-bond donors (Lipinski definition) is 6. The number of carbonyl (C=O) groups excluding carboxylic acids is 2. The van der Waals surface area contributed by atoms with Crippen molar-refractivity contribution in [2.45, 2.75) is 88.5 Å². The number of amides is 2. The number of rotatable bonds is 6. The Morgan fingerprint density at radius 2 is 1.13 bits per heavy atom. The fraction of sp³-hybridized carbons (Fsp3) is 0.800. The summed E-state index contributed by atoms with van der Waals surface area (Å²) in [5, 5.41) is 34.1. The van der Waals surface area contributed by atoms with E-state index in [1.165, 1.54) is 32.1 Å². The quantitative estimate of drug-likeness (QED) is 0.223. The fourth-order valence-corrected chi connectivity index (χ4v) is 4.85. The second kappa shape index (κ2) is 18.8. The zero-order valence-electron chi connectivity index (χ0n) is 24.1. The highest BCUT2D eigenvalue weighted by molar-refractivity contribution is 5.96. The van der Waals surface area contributed by atoms with Gasteiger partial charge in [-0.2, -0.15) is 39.5 Å². The topological polar surface area (TPSA) is 208 Å². The van der Waals surface area contributed by atoms with Crippen LogP contribution in [0.25, 0.3) is 0 Å². The first-order valence-corrected chi connectivity index (χ1v) is 13.8. The van der Waals surface area contributed by atoms with Crippen molar-refractivity contribution in [3.05, 3.63) is 0 Å². The van der Waals surface area contributed by atoms with E-state index in [1.54, 1.807) is 0 Å². The molecule has 21 heteroatoms. The maximum atomic E-state index is 12.4. The molecular formula is C25H36F9N3O9. The lowest BCUT2D eigenvalue weighted by Gasteiger charge is -2.43. The molecule has 7 N–H and O–H groups in total. The molecule has 0 radical (unpaired) electrons. The number of alkyl halides is 9. The van der Waals surface area contributed by atoms with Crippen molar-refractivity contribution in [3.8, 4) is 0 Å². The second-order valence-corrected chi connectivity index (χ2v) is 10.7. The van der Waals surface area contributed by atoms with Crippen LogP contribution < -0.4 is 11.1 Å². The van der Waals surface area contributed by atoms with Crippen molar-refractivity contribution in [2.24, 2.45) is 23.5 Å². The molecule has 4 fully saturated rings. The molecule has 1 saturated carbocycles. The van der Waals surface area contributed by atoms with Crippen LogP contribution in [-0.2, 0) is 24.0 Å². The van der Waals surface area contributed by atoms with Gasteiger partial charge in [0.1, 0.15) is 0 Å². The van der Waals surface area contributed by atoms with Gasteiger partial charge in [0.15, 0.2) is 0 Å². The molecule has 2 amide bonds. The van der Waals surface area contributed by atoms with Crippen molar-refractivity contribution in [2.75, 3.05) is 19.6 Å². The van der Waals surface area contributed by atoms with Crippen LogP contribution in [-0.4, -0.2) is 105 Å². The number of hydrogen-bond acceptors (Lipinski definition) is 8. The maximum Gasteiger partial charge on any atom is 0.490 e. The van der Waals surface area contributed by atoms with Crippen LogP contribution >= 0.6 is 0 Å². The SMILES string of the molecule is NC(CC1CCCCC1)C(O)CC(=O)NC(=O)[C@@H]1CN2CCC1CC2.O=C(O)C(F)(F)F.O=C(O)C(F)(F)F.O=C(O)C(F)(F)F. The van der Waals surface area contributed by atoms with Gasteiger partial charge in [0.25, 0.3) is 0 Å². The third-order valence-corrected chi connectivity index (χ3v) is 7.20. The average Bonchev–Trinajstić information content (AvgIpc) is 2.93. The molecule has 0 aromatic heterocycles. The first kappa shape index (κ1) is 42.8. The molecule has 3 heterocycles. The molecule has 2 unspecified atom stereocenters. The van der Waals surface area contributed by atoms with Crippen LogP contribution in [0.5, 0.6) is 0 Å². The zero-order valence-corrected chi connectivity index (χ0v) is 24.1. The molecule has 268 valence electrons. The Kier molecular flexibility index (Phi) is 17.5. The molecule has 3 atom stereocenters. The molecule has 12 nitrogen and oxygen atoms in total. The van der Waals surface area contributed by atoms with Gasteiger partial charge in [0, 0.05) is 12.6 Å². The number of halogens is 9. The number of nitrogens with zero attached hydrogens (tertiary/aromatic N) is 1.